The van der Waals surface area contributed by atoms with Crippen molar-refractivity contribution in [3.63, 3.8) is 0 Å². The molecule has 0 aromatic heterocycles. The number of nitrogen functional groups attached to an aromatic ring is 1. The molecule has 0 bridgehead atoms. The molecule has 82 valence electrons. The van der Waals surface area contributed by atoms with E-state index in [4.69, 9.17) is 15.2 Å². The molecule has 0 aliphatic carbocycles. The van der Waals surface area contributed by atoms with Gasteiger partial charge in [-0.1, -0.05) is 6.08 Å². The number of benzene rings is 1. The Kier molecular flexibility index (Phi) is 3.85. The largest absolute Gasteiger partial charge is 0.493 e. The van der Waals surface area contributed by atoms with E-state index in [-0.39, 0.29) is 0 Å². The molecule has 15 heavy (non-hydrogen) atoms. The van der Waals surface area contributed by atoms with Crippen molar-refractivity contribution in [1.82, 2.24) is 0 Å². The van der Waals surface area contributed by atoms with E-state index in [1.54, 1.807) is 32.4 Å². The molecule has 0 radical (unpaired) electrons. The highest BCUT2D eigenvalue weighted by molar-refractivity contribution is 5.72. The van der Waals surface area contributed by atoms with Gasteiger partial charge in [-0.25, -0.2) is 0 Å². The Morgan fingerprint density at radius 2 is 1.93 bits per heavy atom. The van der Waals surface area contributed by atoms with Gasteiger partial charge in [0.15, 0.2) is 11.5 Å². The maximum atomic E-state index is 5.83. The highest BCUT2D eigenvalue weighted by Gasteiger charge is 2.07. The first-order chi connectivity index (χ1) is 7.22. The monoisotopic (exact) mass is 208 g/mol. The summed E-state index contributed by atoms with van der Waals surface area (Å²) in [6, 6.07) is 3.53. The van der Waals surface area contributed by atoms with Crippen molar-refractivity contribution >= 4 is 11.4 Å². The van der Waals surface area contributed by atoms with Crippen LogP contribution in [0.15, 0.2) is 24.8 Å². The number of anilines is 2. The van der Waals surface area contributed by atoms with E-state index < -0.39 is 0 Å². The molecule has 1 aromatic carbocycles. The lowest BCUT2D eigenvalue weighted by molar-refractivity contribution is 0.355. The molecule has 0 saturated carbocycles. The lowest BCUT2D eigenvalue weighted by Gasteiger charge is -2.13. The van der Waals surface area contributed by atoms with Crippen LogP contribution in [0.25, 0.3) is 0 Å². The molecule has 0 amide bonds. The Balaban J connectivity index is 3.02. The van der Waals surface area contributed by atoms with Gasteiger partial charge < -0.3 is 20.5 Å². The number of nitrogens with one attached hydrogen (secondary N) is 1. The second-order valence-electron chi connectivity index (χ2n) is 2.96. The van der Waals surface area contributed by atoms with Crippen LogP contribution in [0.3, 0.4) is 0 Å². The number of methoxy groups -OCH3 is 2. The zero-order chi connectivity index (χ0) is 11.3. The molecule has 0 aliphatic heterocycles. The van der Waals surface area contributed by atoms with Gasteiger partial charge in [-0.3, -0.25) is 0 Å². The molecule has 0 saturated heterocycles. The number of rotatable bonds is 5. The normalized spacial score (nSPS) is 9.47. The summed E-state index contributed by atoms with van der Waals surface area (Å²) in [5.74, 6) is 1.28. The van der Waals surface area contributed by atoms with E-state index in [9.17, 15) is 0 Å². The van der Waals surface area contributed by atoms with Crippen LogP contribution >= 0.6 is 0 Å². The highest BCUT2D eigenvalue weighted by atomic mass is 16.5. The average Bonchev–Trinajstić information content (AvgIpc) is 2.27. The van der Waals surface area contributed by atoms with Crippen LogP contribution in [-0.2, 0) is 0 Å². The molecular formula is C11H16N2O2. The summed E-state index contributed by atoms with van der Waals surface area (Å²) in [5, 5.41) is 3.11. The van der Waals surface area contributed by atoms with Gasteiger partial charge in [0.05, 0.1) is 25.6 Å². The van der Waals surface area contributed by atoms with Crippen LogP contribution in [0.1, 0.15) is 0 Å². The summed E-state index contributed by atoms with van der Waals surface area (Å²) in [6.07, 6.45) is 1.76. The molecule has 0 spiro atoms. The number of hydrogen-bond acceptors (Lipinski definition) is 4. The van der Waals surface area contributed by atoms with E-state index in [1.807, 2.05) is 0 Å². The second kappa shape index (κ2) is 5.14. The maximum absolute atomic E-state index is 5.83. The van der Waals surface area contributed by atoms with Gasteiger partial charge in [0, 0.05) is 18.7 Å². The highest BCUT2D eigenvalue weighted by Crippen LogP contribution is 2.34. The third-order valence-electron chi connectivity index (χ3n) is 1.99. The van der Waals surface area contributed by atoms with E-state index in [0.717, 1.165) is 5.69 Å². The van der Waals surface area contributed by atoms with E-state index in [1.165, 1.54) is 0 Å². The summed E-state index contributed by atoms with van der Waals surface area (Å²) in [4.78, 5) is 0. The quantitative estimate of drug-likeness (QED) is 0.573. The summed E-state index contributed by atoms with van der Waals surface area (Å²) >= 11 is 0. The Morgan fingerprint density at radius 3 is 2.47 bits per heavy atom. The molecule has 3 N–H and O–H groups in total. The number of ether oxygens (including phenoxy) is 2. The van der Waals surface area contributed by atoms with E-state index >= 15 is 0 Å². The zero-order valence-electron chi connectivity index (χ0n) is 9.04. The predicted octanol–water partition coefficient (Wildman–Crippen LogP) is 1.88. The summed E-state index contributed by atoms with van der Waals surface area (Å²) in [7, 11) is 3.17. The minimum atomic E-state index is 0.620. The minimum Gasteiger partial charge on any atom is -0.493 e. The van der Waals surface area contributed by atoms with Gasteiger partial charge in [-0.15, -0.1) is 6.58 Å². The molecule has 4 heteroatoms. The third kappa shape index (κ3) is 2.56. The molecule has 0 heterocycles. The van der Waals surface area contributed by atoms with Crippen molar-refractivity contribution < 1.29 is 9.47 Å². The predicted molar refractivity (Wildman–Crippen MR) is 62.6 cm³/mol. The Morgan fingerprint density at radius 1 is 1.33 bits per heavy atom. The smallest absolute Gasteiger partial charge is 0.162 e. The lowest BCUT2D eigenvalue weighted by atomic mass is 10.2. The fraction of sp³-hybridized carbons (Fsp3) is 0.273. The summed E-state index contributed by atoms with van der Waals surface area (Å²) in [6.45, 7) is 4.27. The SMILES string of the molecule is C=CCNc1cc(OC)c(OC)cc1N. The second-order valence-corrected chi connectivity index (χ2v) is 2.96. The van der Waals surface area contributed by atoms with Crippen molar-refractivity contribution in [3.8, 4) is 11.5 Å². The topological polar surface area (TPSA) is 56.5 Å². The standard InChI is InChI=1S/C11H16N2O2/c1-4-5-13-9-7-11(15-3)10(14-2)6-8(9)12/h4,6-7,13H,1,5,12H2,2-3H3. The van der Waals surface area contributed by atoms with Crippen LogP contribution < -0.4 is 20.5 Å². The molecule has 0 aliphatic rings. The first-order valence-electron chi connectivity index (χ1n) is 4.59. The fourth-order valence-electron chi connectivity index (χ4n) is 1.23. The number of hydrogen-bond donors (Lipinski definition) is 2. The first-order valence-corrected chi connectivity index (χ1v) is 4.59. The minimum absolute atomic E-state index is 0.620. The molecular weight excluding hydrogens is 192 g/mol. The third-order valence-corrected chi connectivity index (χ3v) is 1.99. The van der Waals surface area contributed by atoms with E-state index in [2.05, 4.69) is 11.9 Å². The van der Waals surface area contributed by atoms with Crippen molar-refractivity contribution in [2.75, 3.05) is 31.8 Å². The van der Waals surface area contributed by atoms with Crippen LogP contribution in [-0.4, -0.2) is 20.8 Å². The Labute approximate surface area is 89.7 Å². The molecule has 0 unspecified atom stereocenters. The van der Waals surface area contributed by atoms with Crippen molar-refractivity contribution in [2.45, 2.75) is 0 Å². The van der Waals surface area contributed by atoms with Crippen LogP contribution in [0.4, 0.5) is 11.4 Å². The molecule has 0 atom stereocenters. The number of nitrogens with two attached hydrogens (primary N) is 1. The first kappa shape index (κ1) is 11.2. The van der Waals surface area contributed by atoms with Gasteiger partial charge in [-0.2, -0.15) is 0 Å². The molecule has 1 aromatic rings. The van der Waals surface area contributed by atoms with Gasteiger partial charge in [0.2, 0.25) is 0 Å². The fourth-order valence-corrected chi connectivity index (χ4v) is 1.23. The van der Waals surface area contributed by atoms with Gasteiger partial charge in [0.1, 0.15) is 0 Å². The van der Waals surface area contributed by atoms with Gasteiger partial charge in [-0.05, 0) is 0 Å². The van der Waals surface area contributed by atoms with Crippen LogP contribution in [0.2, 0.25) is 0 Å². The molecule has 0 fully saturated rings. The van der Waals surface area contributed by atoms with Gasteiger partial charge >= 0.3 is 0 Å². The zero-order valence-corrected chi connectivity index (χ0v) is 9.04. The Hall–Kier alpha value is -1.84. The lowest BCUT2D eigenvalue weighted by Crippen LogP contribution is -2.03. The summed E-state index contributed by atoms with van der Waals surface area (Å²) in [5.41, 5.74) is 7.26. The van der Waals surface area contributed by atoms with Crippen LogP contribution in [0.5, 0.6) is 11.5 Å². The van der Waals surface area contributed by atoms with Gasteiger partial charge in [0.25, 0.3) is 0 Å². The Bertz CT molecular complexity index is 351. The van der Waals surface area contributed by atoms with Crippen molar-refractivity contribution in [1.29, 1.82) is 0 Å². The summed E-state index contributed by atoms with van der Waals surface area (Å²) < 4.78 is 10.3. The average molecular weight is 208 g/mol. The van der Waals surface area contributed by atoms with Crippen LogP contribution in [0, 0.1) is 0 Å². The van der Waals surface area contributed by atoms with Crippen molar-refractivity contribution in [2.24, 2.45) is 0 Å². The maximum Gasteiger partial charge on any atom is 0.162 e. The molecule has 4 nitrogen and oxygen atoms in total. The van der Waals surface area contributed by atoms with Crippen molar-refractivity contribution in [3.05, 3.63) is 24.8 Å². The van der Waals surface area contributed by atoms with E-state index in [0.29, 0.717) is 23.7 Å². The molecule has 1 rings (SSSR count).